The second kappa shape index (κ2) is 8.65. The van der Waals surface area contributed by atoms with Gasteiger partial charge in [0.2, 0.25) is 5.88 Å². The van der Waals surface area contributed by atoms with E-state index in [2.05, 4.69) is 14.6 Å². The maximum absolute atomic E-state index is 13.0. The van der Waals surface area contributed by atoms with Crippen LogP contribution in [0.1, 0.15) is 22.6 Å². The van der Waals surface area contributed by atoms with Gasteiger partial charge in [0, 0.05) is 47.9 Å². The number of benzene rings is 1. The molecule has 0 bridgehead atoms. The third-order valence-corrected chi connectivity index (χ3v) is 7.73. The lowest BCUT2D eigenvalue weighted by Crippen LogP contribution is -2.38. The molecule has 0 unspecified atom stereocenters. The van der Waals surface area contributed by atoms with Crippen molar-refractivity contribution in [2.24, 2.45) is 0 Å². The van der Waals surface area contributed by atoms with Gasteiger partial charge in [-0.05, 0) is 38.1 Å². The summed E-state index contributed by atoms with van der Waals surface area (Å²) in [4.78, 5) is 8.57. The zero-order valence-electron chi connectivity index (χ0n) is 17.0. The molecule has 4 rings (SSSR count). The lowest BCUT2D eigenvalue weighted by molar-refractivity contribution is 0.164. The Morgan fingerprint density at radius 3 is 2.50 bits per heavy atom. The van der Waals surface area contributed by atoms with Crippen molar-refractivity contribution in [2.75, 3.05) is 22.7 Å². The van der Waals surface area contributed by atoms with E-state index in [-0.39, 0.29) is 6.10 Å². The number of aromatic nitrogens is 1. The van der Waals surface area contributed by atoms with Gasteiger partial charge in [-0.25, -0.2) is 13.4 Å². The monoisotopic (exact) mass is 443 g/mol. The third-order valence-electron chi connectivity index (χ3n) is 5.14. The van der Waals surface area contributed by atoms with E-state index >= 15 is 0 Å². The van der Waals surface area contributed by atoms with Crippen molar-refractivity contribution in [3.05, 3.63) is 64.5 Å². The van der Waals surface area contributed by atoms with Gasteiger partial charge in [-0.3, -0.25) is 4.72 Å². The van der Waals surface area contributed by atoms with E-state index in [9.17, 15) is 8.42 Å². The molecular weight excluding hydrogens is 418 g/mol. The van der Waals surface area contributed by atoms with Crippen molar-refractivity contribution in [1.82, 2.24) is 4.98 Å². The molecule has 0 saturated carbocycles. The predicted molar refractivity (Wildman–Crippen MR) is 121 cm³/mol. The number of ether oxygens (including phenoxy) is 1. The first-order chi connectivity index (χ1) is 14.4. The maximum Gasteiger partial charge on any atom is 0.263 e. The van der Waals surface area contributed by atoms with E-state index in [4.69, 9.17) is 4.74 Å². The van der Waals surface area contributed by atoms with E-state index in [1.165, 1.54) is 11.3 Å². The third kappa shape index (κ3) is 4.60. The van der Waals surface area contributed by atoms with Crippen molar-refractivity contribution < 1.29 is 13.2 Å². The molecule has 1 aliphatic rings. The largest absolute Gasteiger partial charge is 0.474 e. The lowest BCUT2D eigenvalue weighted by atomic mass is 10.1. The molecule has 0 aliphatic carbocycles. The molecule has 8 heteroatoms. The summed E-state index contributed by atoms with van der Waals surface area (Å²) in [5.41, 5.74) is 1.49. The summed E-state index contributed by atoms with van der Waals surface area (Å²) in [6, 6.07) is 14.9. The molecule has 1 N–H and O–H groups in total. The van der Waals surface area contributed by atoms with E-state index in [1.807, 2.05) is 56.3 Å². The first-order valence-corrected chi connectivity index (χ1v) is 12.2. The maximum atomic E-state index is 13.0. The number of thiophene rings is 1. The summed E-state index contributed by atoms with van der Waals surface area (Å²) in [5, 5.41) is 0. The van der Waals surface area contributed by atoms with Crippen LogP contribution in [0.4, 0.5) is 11.4 Å². The second-order valence-electron chi connectivity index (χ2n) is 7.37. The fraction of sp³-hybridized carbons (Fsp3) is 0.318. The van der Waals surface area contributed by atoms with Crippen LogP contribution in [0.2, 0.25) is 0 Å². The van der Waals surface area contributed by atoms with Crippen LogP contribution in [-0.2, 0) is 10.0 Å². The van der Waals surface area contributed by atoms with Crippen molar-refractivity contribution in [2.45, 2.75) is 37.7 Å². The van der Waals surface area contributed by atoms with E-state index in [1.54, 1.807) is 12.3 Å². The quantitative estimate of drug-likeness (QED) is 0.602. The molecule has 3 heterocycles. The van der Waals surface area contributed by atoms with Crippen LogP contribution in [0.5, 0.6) is 5.88 Å². The fourth-order valence-corrected chi connectivity index (χ4v) is 6.34. The number of anilines is 2. The zero-order chi connectivity index (χ0) is 21.1. The minimum absolute atomic E-state index is 0.108. The minimum atomic E-state index is -3.64. The van der Waals surface area contributed by atoms with Gasteiger partial charge in [-0.15, -0.1) is 11.3 Å². The Morgan fingerprint density at radius 2 is 1.83 bits per heavy atom. The van der Waals surface area contributed by atoms with Crippen LogP contribution < -0.4 is 14.4 Å². The number of nitrogens with one attached hydrogen (secondary N) is 1. The summed E-state index contributed by atoms with van der Waals surface area (Å²) in [6.45, 7) is 5.33. The van der Waals surface area contributed by atoms with Crippen LogP contribution in [0.15, 0.2) is 59.6 Å². The number of hydrogen-bond donors (Lipinski definition) is 1. The zero-order valence-corrected chi connectivity index (χ0v) is 18.7. The van der Waals surface area contributed by atoms with E-state index in [0.29, 0.717) is 16.5 Å². The normalized spacial score (nSPS) is 15.2. The van der Waals surface area contributed by atoms with Crippen LogP contribution in [0.3, 0.4) is 0 Å². The SMILES string of the molecule is Cc1cc(S(=O)(=O)Nc2ccccc2N2CCC(Oc3ccccn3)CC2)c(C)s1. The molecule has 0 spiro atoms. The molecule has 1 fully saturated rings. The number of rotatable bonds is 6. The summed E-state index contributed by atoms with van der Waals surface area (Å²) in [7, 11) is -3.64. The Kier molecular flexibility index (Phi) is 5.97. The van der Waals surface area contributed by atoms with Gasteiger partial charge in [0.25, 0.3) is 10.0 Å². The molecule has 3 aromatic rings. The van der Waals surface area contributed by atoms with Gasteiger partial charge >= 0.3 is 0 Å². The molecule has 0 radical (unpaired) electrons. The number of para-hydroxylation sites is 2. The van der Waals surface area contributed by atoms with Gasteiger partial charge in [0.05, 0.1) is 11.4 Å². The van der Waals surface area contributed by atoms with Gasteiger partial charge in [-0.2, -0.15) is 0 Å². The summed E-state index contributed by atoms with van der Waals surface area (Å²) in [6.07, 6.45) is 3.53. The van der Waals surface area contributed by atoms with Crippen LogP contribution >= 0.6 is 11.3 Å². The van der Waals surface area contributed by atoms with E-state index in [0.717, 1.165) is 41.4 Å². The molecule has 6 nitrogen and oxygen atoms in total. The first-order valence-electron chi connectivity index (χ1n) is 9.94. The van der Waals surface area contributed by atoms with Gasteiger partial charge < -0.3 is 9.64 Å². The Morgan fingerprint density at radius 1 is 1.10 bits per heavy atom. The average Bonchev–Trinajstić information content (AvgIpc) is 3.09. The molecular formula is C22H25N3O3S2. The molecule has 2 aromatic heterocycles. The number of sulfonamides is 1. The molecule has 158 valence electrons. The topological polar surface area (TPSA) is 71.5 Å². The number of hydrogen-bond acceptors (Lipinski definition) is 6. The molecule has 0 atom stereocenters. The number of aryl methyl sites for hydroxylation is 2. The molecule has 1 saturated heterocycles. The van der Waals surface area contributed by atoms with Gasteiger partial charge in [0.1, 0.15) is 11.0 Å². The standard InChI is InChI=1S/C22H25N3O3S2/c1-16-15-21(17(2)29-16)30(26,27)24-19-7-3-4-8-20(19)25-13-10-18(11-14-25)28-22-9-5-6-12-23-22/h3-9,12,15,18,24H,10-11,13-14H2,1-2H3. The Bertz CT molecular complexity index is 1110. The highest BCUT2D eigenvalue weighted by molar-refractivity contribution is 7.93. The predicted octanol–water partition coefficient (Wildman–Crippen LogP) is 4.61. The molecule has 0 amide bonds. The average molecular weight is 444 g/mol. The van der Waals surface area contributed by atoms with Crippen LogP contribution in [0.25, 0.3) is 0 Å². The van der Waals surface area contributed by atoms with Crippen molar-refractivity contribution in [3.63, 3.8) is 0 Å². The number of pyridine rings is 1. The molecule has 1 aliphatic heterocycles. The van der Waals surface area contributed by atoms with Gasteiger partial charge in [0.15, 0.2) is 0 Å². The minimum Gasteiger partial charge on any atom is -0.474 e. The van der Waals surface area contributed by atoms with Crippen molar-refractivity contribution in [3.8, 4) is 5.88 Å². The summed E-state index contributed by atoms with van der Waals surface area (Å²) >= 11 is 1.49. The molecule has 30 heavy (non-hydrogen) atoms. The number of nitrogens with zero attached hydrogens (tertiary/aromatic N) is 2. The first kappa shape index (κ1) is 20.7. The highest BCUT2D eigenvalue weighted by Gasteiger charge is 2.25. The lowest BCUT2D eigenvalue weighted by Gasteiger charge is -2.34. The van der Waals surface area contributed by atoms with E-state index < -0.39 is 10.0 Å². The highest BCUT2D eigenvalue weighted by atomic mass is 32.2. The van der Waals surface area contributed by atoms with Crippen molar-refractivity contribution >= 4 is 32.7 Å². The smallest absolute Gasteiger partial charge is 0.263 e. The Balaban J connectivity index is 1.47. The number of piperidine rings is 1. The fourth-order valence-electron chi connectivity index (χ4n) is 3.71. The second-order valence-corrected chi connectivity index (χ2v) is 10.5. The van der Waals surface area contributed by atoms with Gasteiger partial charge in [-0.1, -0.05) is 18.2 Å². The Labute approximate surface area is 181 Å². The Hall–Kier alpha value is -2.58. The summed E-state index contributed by atoms with van der Waals surface area (Å²) in [5.74, 6) is 0.644. The van der Waals surface area contributed by atoms with Crippen molar-refractivity contribution in [1.29, 1.82) is 0 Å². The summed E-state index contributed by atoms with van der Waals surface area (Å²) < 4.78 is 34.7. The highest BCUT2D eigenvalue weighted by Crippen LogP contribution is 2.32. The van der Waals surface area contributed by atoms with Crippen LogP contribution in [-0.4, -0.2) is 32.6 Å². The van der Waals surface area contributed by atoms with Crippen LogP contribution in [0, 0.1) is 13.8 Å². The molecule has 1 aromatic carbocycles.